The molecule has 3 nitrogen and oxygen atoms in total. The Morgan fingerprint density at radius 2 is 2.10 bits per heavy atom. The van der Waals surface area contributed by atoms with Crippen LogP contribution >= 0.6 is 27.5 Å². The lowest BCUT2D eigenvalue weighted by atomic mass is 10.2. The van der Waals surface area contributed by atoms with Crippen molar-refractivity contribution < 1.29 is 8.95 Å². The zero-order valence-electron chi connectivity index (χ0n) is 10.7. The van der Waals surface area contributed by atoms with Gasteiger partial charge in [0.15, 0.2) is 0 Å². The molecular formula is C14H13BrClNO2S. The summed E-state index contributed by atoms with van der Waals surface area (Å²) in [5, 5.41) is 0.419. The van der Waals surface area contributed by atoms with Gasteiger partial charge >= 0.3 is 0 Å². The average molecular weight is 375 g/mol. The topological polar surface area (TPSA) is 52.3 Å². The molecule has 0 amide bonds. The van der Waals surface area contributed by atoms with Crippen molar-refractivity contribution in [3.8, 4) is 5.75 Å². The van der Waals surface area contributed by atoms with E-state index in [0.29, 0.717) is 27.1 Å². The molecule has 0 aliphatic rings. The molecule has 0 saturated heterocycles. The maximum atomic E-state index is 12.5. The normalized spacial score (nSPS) is 12.2. The molecule has 0 fully saturated rings. The van der Waals surface area contributed by atoms with Crippen LogP contribution in [0.15, 0.2) is 45.8 Å². The molecule has 2 N–H and O–H groups in total. The number of nitrogens with two attached hydrogens (primary N) is 1. The first kappa shape index (κ1) is 15.4. The predicted octanol–water partition coefficient (Wildman–Crippen LogP) is 4.00. The lowest BCUT2D eigenvalue weighted by Gasteiger charge is -2.10. The third kappa shape index (κ3) is 3.34. The SMILES string of the molecule is COc1ccc(Br)c(CS(=O)c2c(N)cccc2Cl)c1. The Morgan fingerprint density at radius 3 is 2.75 bits per heavy atom. The molecule has 2 aromatic rings. The van der Waals surface area contributed by atoms with Crippen molar-refractivity contribution in [2.75, 3.05) is 12.8 Å². The van der Waals surface area contributed by atoms with Gasteiger partial charge in [-0.05, 0) is 35.9 Å². The van der Waals surface area contributed by atoms with Crippen molar-refractivity contribution in [2.45, 2.75) is 10.6 Å². The molecule has 0 aliphatic carbocycles. The van der Waals surface area contributed by atoms with Crippen LogP contribution in [0.2, 0.25) is 5.02 Å². The Bertz CT molecular complexity index is 643. The van der Waals surface area contributed by atoms with Gasteiger partial charge in [0.2, 0.25) is 0 Å². The van der Waals surface area contributed by atoms with Gasteiger partial charge in [-0.25, -0.2) is 0 Å². The van der Waals surface area contributed by atoms with Crippen molar-refractivity contribution in [3.63, 3.8) is 0 Å². The number of nitrogen functional groups attached to an aromatic ring is 1. The van der Waals surface area contributed by atoms with E-state index in [1.807, 2.05) is 18.2 Å². The Labute approximate surface area is 133 Å². The fourth-order valence-electron chi connectivity index (χ4n) is 1.77. The van der Waals surface area contributed by atoms with E-state index >= 15 is 0 Å². The molecule has 0 bridgehead atoms. The molecule has 0 saturated carbocycles. The third-order valence-corrected chi connectivity index (χ3v) is 5.45. The molecule has 1 atom stereocenters. The fraction of sp³-hybridized carbons (Fsp3) is 0.143. The highest BCUT2D eigenvalue weighted by Crippen LogP contribution is 2.30. The highest BCUT2D eigenvalue weighted by Gasteiger charge is 2.14. The maximum Gasteiger partial charge on any atom is 0.119 e. The molecule has 6 heteroatoms. The number of hydrogen-bond donors (Lipinski definition) is 1. The standard InChI is InChI=1S/C14H13BrClNO2S/c1-19-10-5-6-11(15)9(7-10)8-20(18)14-12(16)3-2-4-13(14)17/h2-7H,8,17H2,1H3. The quantitative estimate of drug-likeness (QED) is 0.823. The van der Waals surface area contributed by atoms with Crippen LogP contribution in [-0.2, 0) is 16.6 Å². The largest absolute Gasteiger partial charge is 0.497 e. The minimum atomic E-state index is -1.32. The monoisotopic (exact) mass is 373 g/mol. The molecule has 2 rings (SSSR count). The average Bonchev–Trinajstić information content (AvgIpc) is 2.41. The van der Waals surface area contributed by atoms with E-state index in [4.69, 9.17) is 22.1 Å². The van der Waals surface area contributed by atoms with Crippen molar-refractivity contribution in [2.24, 2.45) is 0 Å². The summed E-state index contributed by atoms with van der Waals surface area (Å²) in [5.74, 6) is 1.03. The van der Waals surface area contributed by atoms with Crippen LogP contribution in [0.25, 0.3) is 0 Å². The lowest BCUT2D eigenvalue weighted by Crippen LogP contribution is -2.02. The van der Waals surface area contributed by atoms with Gasteiger partial charge in [0.05, 0.1) is 33.6 Å². The molecule has 0 aromatic heterocycles. The van der Waals surface area contributed by atoms with E-state index in [2.05, 4.69) is 15.9 Å². The van der Waals surface area contributed by atoms with Gasteiger partial charge in [-0.3, -0.25) is 4.21 Å². The fourth-order valence-corrected chi connectivity index (χ4v) is 4.06. The highest BCUT2D eigenvalue weighted by molar-refractivity contribution is 9.10. The van der Waals surface area contributed by atoms with Gasteiger partial charge in [0.1, 0.15) is 5.75 Å². The van der Waals surface area contributed by atoms with Crippen LogP contribution in [0.3, 0.4) is 0 Å². The summed E-state index contributed by atoms with van der Waals surface area (Å²) < 4.78 is 18.5. The Balaban J connectivity index is 2.33. The van der Waals surface area contributed by atoms with E-state index < -0.39 is 10.8 Å². The molecule has 2 aromatic carbocycles. The molecule has 0 radical (unpaired) electrons. The number of rotatable bonds is 4. The van der Waals surface area contributed by atoms with Crippen LogP contribution < -0.4 is 10.5 Å². The summed E-state index contributed by atoms with van der Waals surface area (Å²) >= 11 is 9.52. The molecule has 106 valence electrons. The highest BCUT2D eigenvalue weighted by atomic mass is 79.9. The van der Waals surface area contributed by atoms with Crippen LogP contribution in [0.5, 0.6) is 5.75 Å². The first-order valence-corrected chi connectivity index (χ1v) is 8.26. The Kier molecular flexibility index (Phi) is 5.07. The number of hydrogen-bond acceptors (Lipinski definition) is 3. The number of benzene rings is 2. The van der Waals surface area contributed by atoms with Gasteiger partial charge in [0.25, 0.3) is 0 Å². The Hall–Kier alpha value is -1.04. The number of ether oxygens (including phenoxy) is 1. The van der Waals surface area contributed by atoms with Crippen LogP contribution in [0, 0.1) is 0 Å². The summed E-state index contributed by atoms with van der Waals surface area (Å²) in [4.78, 5) is 0.476. The maximum absolute atomic E-state index is 12.5. The smallest absolute Gasteiger partial charge is 0.119 e. The lowest BCUT2D eigenvalue weighted by molar-refractivity contribution is 0.414. The minimum Gasteiger partial charge on any atom is -0.497 e. The summed E-state index contributed by atoms with van der Waals surface area (Å²) in [6.07, 6.45) is 0. The number of anilines is 1. The van der Waals surface area contributed by atoms with E-state index in [-0.39, 0.29) is 0 Å². The van der Waals surface area contributed by atoms with Crippen LogP contribution in [0.4, 0.5) is 5.69 Å². The number of methoxy groups -OCH3 is 1. The van der Waals surface area contributed by atoms with Gasteiger partial charge in [-0.2, -0.15) is 0 Å². The van der Waals surface area contributed by atoms with Crippen molar-refractivity contribution >= 4 is 44.0 Å². The van der Waals surface area contributed by atoms with Crippen LogP contribution in [0.1, 0.15) is 5.56 Å². The van der Waals surface area contributed by atoms with Gasteiger partial charge in [-0.1, -0.05) is 33.6 Å². The van der Waals surface area contributed by atoms with E-state index in [9.17, 15) is 4.21 Å². The first-order chi connectivity index (χ1) is 9.52. The molecule has 20 heavy (non-hydrogen) atoms. The zero-order chi connectivity index (χ0) is 14.7. The van der Waals surface area contributed by atoms with Crippen molar-refractivity contribution in [1.82, 2.24) is 0 Å². The first-order valence-electron chi connectivity index (χ1n) is 5.77. The van der Waals surface area contributed by atoms with E-state index in [0.717, 1.165) is 10.0 Å². The van der Waals surface area contributed by atoms with Crippen LogP contribution in [-0.4, -0.2) is 11.3 Å². The summed E-state index contributed by atoms with van der Waals surface area (Å²) in [6.45, 7) is 0. The molecule has 1 unspecified atom stereocenters. The zero-order valence-corrected chi connectivity index (χ0v) is 13.9. The molecule has 0 heterocycles. The van der Waals surface area contributed by atoms with E-state index in [1.54, 1.807) is 25.3 Å². The van der Waals surface area contributed by atoms with Crippen molar-refractivity contribution in [3.05, 3.63) is 51.5 Å². The second kappa shape index (κ2) is 6.61. The summed E-state index contributed by atoms with van der Waals surface area (Å²) in [6, 6.07) is 10.7. The summed E-state index contributed by atoms with van der Waals surface area (Å²) in [5.41, 5.74) is 7.17. The molecular weight excluding hydrogens is 362 g/mol. The second-order valence-electron chi connectivity index (χ2n) is 4.11. The van der Waals surface area contributed by atoms with Crippen molar-refractivity contribution in [1.29, 1.82) is 0 Å². The van der Waals surface area contributed by atoms with E-state index in [1.165, 1.54) is 0 Å². The van der Waals surface area contributed by atoms with Gasteiger partial charge in [0, 0.05) is 10.2 Å². The van der Waals surface area contributed by atoms with Gasteiger partial charge in [-0.15, -0.1) is 0 Å². The van der Waals surface area contributed by atoms with Gasteiger partial charge < -0.3 is 10.5 Å². The predicted molar refractivity (Wildman–Crippen MR) is 86.7 cm³/mol. The number of halogens is 2. The molecule has 0 aliphatic heterocycles. The third-order valence-electron chi connectivity index (χ3n) is 2.76. The Morgan fingerprint density at radius 1 is 1.35 bits per heavy atom. The minimum absolute atomic E-state index is 0.311. The summed E-state index contributed by atoms with van der Waals surface area (Å²) in [7, 11) is 0.273. The second-order valence-corrected chi connectivity index (χ2v) is 6.75. The molecule has 0 spiro atoms.